The summed E-state index contributed by atoms with van der Waals surface area (Å²) in [5, 5.41) is 38.0. The van der Waals surface area contributed by atoms with Gasteiger partial charge in [0.25, 0.3) is 0 Å². The summed E-state index contributed by atoms with van der Waals surface area (Å²) in [6.45, 7) is 7.21. The molecule has 150 valence electrons. The van der Waals surface area contributed by atoms with E-state index >= 15 is 0 Å². The van der Waals surface area contributed by atoms with Crippen LogP contribution in [-0.4, -0.2) is 46.9 Å². The molecule has 0 aromatic rings. The van der Waals surface area contributed by atoms with E-state index in [2.05, 4.69) is 0 Å². The molecule has 0 spiro atoms. The maximum Gasteiger partial charge on any atom is 2.00 e. The van der Waals surface area contributed by atoms with Gasteiger partial charge in [-0.05, 0) is 25.7 Å². The number of aliphatic carboxylic acids is 4. The van der Waals surface area contributed by atoms with Crippen molar-refractivity contribution in [3.8, 4) is 0 Å². The summed E-state index contributed by atoms with van der Waals surface area (Å²) in [7, 11) is 0. The van der Waals surface area contributed by atoms with Gasteiger partial charge in [0.05, 0.1) is 0 Å². The molecule has 0 saturated heterocycles. The van der Waals surface area contributed by atoms with E-state index in [9.17, 15) is 39.6 Å². The molecule has 0 aliphatic rings. The topological polar surface area (TPSA) is 161 Å². The van der Waals surface area contributed by atoms with Crippen molar-refractivity contribution in [3.63, 3.8) is 0 Å². The number of carboxylic acids is 4. The summed E-state index contributed by atoms with van der Waals surface area (Å²) >= 11 is 0. The Hall–Kier alpha value is -0.834. The summed E-state index contributed by atoms with van der Waals surface area (Å²) in [4.78, 5) is 38.0. The zero-order valence-electron chi connectivity index (χ0n) is 16.0. The number of hydrogen-bond acceptors (Lipinski definition) is 8. The molecule has 0 aromatic heterocycles. The van der Waals surface area contributed by atoms with Gasteiger partial charge in [-0.3, -0.25) is 0 Å². The van der Waals surface area contributed by atoms with Gasteiger partial charge < -0.3 is 39.6 Å². The second-order valence-corrected chi connectivity index (χ2v) is 4.49. The second-order valence-electron chi connectivity index (χ2n) is 4.49. The Morgan fingerprint density at radius 1 is 0.500 bits per heavy atom. The van der Waals surface area contributed by atoms with E-state index in [1.165, 1.54) is 0 Å². The van der Waals surface area contributed by atoms with Crippen molar-refractivity contribution in [2.24, 2.45) is 0 Å². The first-order valence-corrected chi connectivity index (χ1v) is 7.88. The number of rotatable bonds is 8. The van der Waals surface area contributed by atoms with Crippen LogP contribution in [0.15, 0.2) is 0 Å². The zero-order valence-corrected chi connectivity index (χ0v) is 18.5. The third-order valence-electron chi connectivity index (χ3n) is 1.82. The van der Waals surface area contributed by atoms with Gasteiger partial charge in [-0.2, -0.15) is 0 Å². The van der Waals surface area contributed by atoms with E-state index in [1.54, 1.807) is 27.7 Å². The molecule has 0 aliphatic carbocycles. The molecule has 26 heavy (non-hydrogen) atoms. The van der Waals surface area contributed by atoms with Crippen LogP contribution in [0.1, 0.15) is 79.1 Å². The summed E-state index contributed by atoms with van der Waals surface area (Å²) in [6, 6.07) is 0. The number of carbonyl (C=O) groups is 4. The molecule has 0 unspecified atom stereocenters. The predicted octanol–water partition coefficient (Wildman–Crippen LogP) is -2.24. The molecule has 10 heteroatoms. The molecular weight excluding hydrogens is 400 g/mol. The first-order chi connectivity index (χ1) is 11.1. The average molecular weight is 429 g/mol. The Bertz CT molecular complexity index is 274. The fourth-order valence-corrected chi connectivity index (χ4v) is 0.816. The normalized spacial score (nSPS) is 7.54. The second kappa shape index (κ2) is 35.3. The van der Waals surface area contributed by atoms with Crippen molar-refractivity contribution in [3.05, 3.63) is 0 Å². The number of hydrogen-bond donors (Lipinski definition) is 0. The van der Waals surface area contributed by atoms with Gasteiger partial charge in [0.1, 0.15) is 0 Å². The van der Waals surface area contributed by atoms with Gasteiger partial charge in [0, 0.05) is 23.9 Å². The van der Waals surface area contributed by atoms with E-state index in [0.717, 1.165) is 0 Å². The Kier molecular flexibility index (Phi) is 54.3. The van der Waals surface area contributed by atoms with Crippen molar-refractivity contribution in [2.75, 3.05) is 0 Å². The maximum absolute atomic E-state index is 9.49. The van der Waals surface area contributed by atoms with Crippen molar-refractivity contribution < 1.29 is 56.7 Å². The van der Waals surface area contributed by atoms with Crippen molar-refractivity contribution in [2.45, 2.75) is 79.1 Å². The Labute approximate surface area is 182 Å². The quantitative estimate of drug-likeness (QED) is 0.392. The first kappa shape index (κ1) is 40.0. The van der Waals surface area contributed by atoms with Crippen LogP contribution in [0.2, 0.25) is 0 Å². The van der Waals surface area contributed by atoms with Crippen LogP contribution in [0.5, 0.6) is 0 Å². The zero-order chi connectivity index (χ0) is 20.0. The summed E-state index contributed by atoms with van der Waals surface area (Å²) in [6.07, 6.45) is 3.40. The minimum Gasteiger partial charge on any atom is -0.550 e. The standard InChI is InChI=1S/4C4H8O2.Fe.Mg/c4*1-2-3-4(5)6;;/h4*2-3H2,1H3,(H,5,6);;/q;;;;2*+2/p-4. The Balaban J connectivity index is -0.0000000500. The molecule has 0 N–H and O–H groups in total. The third kappa shape index (κ3) is 91.3. The van der Waals surface area contributed by atoms with Gasteiger partial charge >= 0.3 is 40.1 Å². The monoisotopic (exact) mass is 428 g/mol. The fraction of sp³-hybridized carbons (Fsp3) is 0.750. The summed E-state index contributed by atoms with van der Waals surface area (Å²) < 4.78 is 0. The van der Waals surface area contributed by atoms with Gasteiger partial charge in [-0.15, -0.1) is 0 Å². The van der Waals surface area contributed by atoms with Crippen LogP contribution >= 0.6 is 0 Å². The van der Waals surface area contributed by atoms with Gasteiger partial charge in [-0.1, -0.05) is 53.4 Å². The molecule has 0 heterocycles. The fourth-order valence-electron chi connectivity index (χ4n) is 0.816. The molecule has 0 atom stereocenters. The minimum atomic E-state index is -0.961. The van der Waals surface area contributed by atoms with E-state index < -0.39 is 23.9 Å². The molecule has 0 amide bonds. The predicted molar refractivity (Wildman–Crippen MR) is 85.4 cm³/mol. The largest absolute Gasteiger partial charge is 2.00 e. The third-order valence-corrected chi connectivity index (χ3v) is 1.82. The van der Waals surface area contributed by atoms with Crippen molar-refractivity contribution in [1.29, 1.82) is 0 Å². The molecule has 8 nitrogen and oxygen atoms in total. The van der Waals surface area contributed by atoms with Crippen LogP contribution in [0, 0.1) is 0 Å². The smallest absolute Gasteiger partial charge is 0.550 e. The SMILES string of the molecule is CCCC(=O)[O-].CCCC(=O)[O-].CCCC(=O)[O-].CCCC(=O)[O-].[Fe+2].[Mg+2]. The minimum absolute atomic E-state index is 0. The number of carbonyl (C=O) groups excluding carboxylic acids is 4. The molecule has 0 bridgehead atoms. The molecule has 0 aromatic carbocycles. The molecule has 0 saturated carbocycles. The van der Waals surface area contributed by atoms with E-state index in [-0.39, 0.29) is 65.8 Å². The first-order valence-electron chi connectivity index (χ1n) is 7.88. The van der Waals surface area contributed by atoms with Crippen molar-refractivity contribution >= 4 is 46.9 Å². The number of carboxylic acid groups (broad SMARTS) is 4. The molecule has 0 aliphatic heterocycles. The van der Waals surface area contributed by atoms with Crippen LogP contribution < -0.4 is 20.4 Å². The van der Waals surface area contributed by atoms with Crippen molar-refractivity contribution in [1.82, 2.24) is 0 Å². The summed E-state index contributed by atoms with van der Waals surface area (Å²) in [5.41, 5.74) is 0. The van der Waals surface area contributed by atoms with E-state index in [4.69, 9.17) is 0 Å². The van der Waals surface area contributed by atoms with Gasteiger partial charge in [0.15, 0.2) is 0 Å². The Morgan fingerprint density at radius 3 is 0.615 bits per heavy atom. The molecule has 0 rings (SSSR count). The van der Waals surface area contributed by atoms with E-state index in [0.29, 0.717) is 25.7 Å². The Morgan fingerprint density at radius 2 is 0.615 bits per heavy atom. The van der Waals surface area contributed by atoms with Crippen LogP contribution in [0.3, 0.4) is 0 Å². The summed E-state index contributed by atoms with van der Waals surface area (Å²) in [5.74, 6) is -3.84. The van der Waals surface area contributed by atoms with Gasteiger partial charge in [-0.25, -0.2) is 0 Å². The van der Waals surface area contributed by atoms with Gasteiger partial charge in [0.2, 0.25) is 0 Å². The van der Waals surface area contributed by atoms with Crippen LogP contribution in [0.4, 0.5) is 0 Å². The molecule has 0 fully saturated rings. The molecule has 0 radical (unpaired) electrons. The van der Waals surface area contributed by atoms with E-state index in [1.807, 2.05) is 0 Å². The van der Waals surface area contributed by atoms with Crippen LogP contribution in [0.25, 0.3) is 0 Å². The molecular formula is C16H28FeMgO8. The maximum atomic E-state index is 9.49. The average Bonchev–Trinajstić information content (AvgIpc) is 2.39. The van der Waals surface area contributed by atoms with Crippen LogP contribution in [-0.2, 0) is 36.2 Å².